The summed E-state index contributed by atoms with van der Waals surface area (Å²) in [7, 11) is 0. The van der Waals surface area contributed by atoms with Gasteiger partial charge in [-0.2, -0.15) is 0 Å². The Labute approximate surface area is 231 Å². The van der Waals surface area contributed by atoms with Crippen LogP contribution in [0.3, 0.4) is 0 Å². The highest BCUT2D eigenvalue weighted by Crippen LogP contribution is 2.28. The van der Waals surface area contributed by atoms with Gasteiger partial charge in [0.1, 0.15) is 0 Å². The number of Topliss-reactive ketones (excluding diaryl/α,β-unsaturated/α-hetero) is 1. The minimum Gasteiger partial charge on any atom is -0.483 e. The largest absolute Gasteiger partial charge is 0.483 e. The van der Waals surface area contributed by atoms with Crippen molar-refractivity contribution in [2.45, 2.75) is 64.8 Å². The van der Waals surface area contributed by atoms with Gasteiger partial charge in [-0.05, 0) is 80.7 Å². The molecule has 0 atom stereocenters. The maximum Gasteiger partial charge on any atom is 0.290 e. The van der Waals surface area contributed by atoms with Gasteiger partial charge in [0.25, 0.3) is 12.4 Å². The number of carbonyl (C=O) groups excluding carboxylic acids is 2. The topological polar surface area (TPSA) is 103 Å². The standard InChI is InChI=1S/C31H39N3O2.CH2O2/c1-21(2)30(35)25-10-9-23-14-17-34(18-15-24(23)19-25)16-13-22-7-11-26(12-8-22)33-31(36)28-20-32-29-6-4-3-5-27(28)29;2-1-3/h3-6,9-10,19-22,26,32H,7-8,11-18H2,1-2H3,(H,33,36);1H,(H,2,3). The first-order chi connectivity index (χ1) is 18.9. The fourth-order valence-corrected chi connectivity index (χ4v) is 5.96. The molecule has 2 heterocycles. The molecule has 3 aromatic rings. The molecule has 1 aliphatic heterocycles. The molecular formula is C32H41N3O4. The van der Waals surface area contributed by atoms with E-state index < -0.39 is 0 Å². The number of fused-ring (bicyclic) bond motifs is 2. The summed E-state index contributed by atoms with van der Waals surface area (Å²) in [6.07, 6.45) is 9.67. The summed E-state index contributed by atoms with van der Waals surface area (Å²) in [5.74, 6) is 1.07. The van der Waals surface area contributed by atoms with E-state index in [2.05, 4.69) is 27.3 Å². The Morgan fingerprint density at radius 2 is 1.74 bits per heavy atom. The van der Waals surface area contributed by atoms with Gasteiger partial charge in [-0.25, -0.2) is 0 Å². The van der Waals surface area contributed by atoms with Crippen LogP contribution in [0.15, 0.2) is 48.7 Å². The first-order valence-corrected chi connectivity index (χ1v) is 14.2. The smallest absolute Gasteiger partial charge is 0.290 e. The van der Waals surface area contributed by atoms with Crippen molar-refractivity contribution in [1.29, 1.82) is 0 Å². The van der Waals surface area contributed by atoms with Gasteiger partial charge in [-0.3, -0.25) is 14.4 Å². The highest BCUT2D eigenvalue weighted by Gasteiger charge is 2.25. The molecule has 208 valence electrons. The van der Waals surface area contributed by atoms with Crippen molar-refractivity contribution in [3.8, 4) is 0 Å². The van der Waals surface area contributed by atoms with Gasteiger partial charge in [-0.1, -0.05) is 44.2 Å². The number of aromatic amines is 1. The quantitative estimate of drug-likeness (QED) is 0.277. The average molecular weight is 532 g/mol. The molecule has 3 N–H and O–H groups in total. The number of hydrogen-bond donors (Lipinski definition) is 3. The third-order valence-electron chi connectivity index (χ3n) is 8.28. The molecular weight excluding hydrogens is 490 g/mol. The molecule has 0 unspecified atom stereocenters. The van der Waals surface area contributed by atoms with Crippen LogP contribution in [0.25, 0.3) is 10.9 Å². The predicted molar refractivity (Wildman–Crippen MR) is 154 cm³/mol. The number of para-hydroxylation sites is 1. The van der Waals surface area contributed by atoms with Crippen LogP contribution in [0.1, 0.15) is 77.8 Å². The number of H-pyrrole nitrogens is 1. The molecule has 39 heavy (non-hydrogen) atoms. The van der Waals surface area contributed by atoms with Crippen molar-refractivity contribution in [3.05, 3.63) is 70.9 Å². The van der Waals surface area contributed by atoms with E-state index in [-0.39, 0.29) is 30.1 Å². The van der Waals surface area contributed by atoms with Gasteiger partial charge in [0.15, 0.2) is 5.78 Å². The minimum atomic E-state index is -0.250. The Hall–Kier alpha value is -3.45. The van der Waals surface area contributed by atoms with E-state index in [1.807, 2.05) is 50.4 Å². The van der Waals surface area contributed by atoms with Gasteiger partial charge in [0.05, 0.1) is 5.56 Å². The molecule has 0 bridgehead atoms. The molecule has 0 saturated heterocycles. The van der Waals surface area contributed by atoms with E-state index in [1.54, 1.807) is 0 Å². The zero-order valence-corrected chi connectivity index (χ0v) is 23.1. The number of ketones is 1. The van der Waals surface area contributed by atoms with Crippen LogP contribution in [0.5, 0.6) is 0 Å². The monoisotopic (exact) mass is 531 g/mol. The lowest BCUT2D eigenvalue weighted by Gasteiger charge is -2.30. The second-order valence-electron chi connectivity index (χ2n) is 11.2. The fourth-order valence-electron chi connectivity index (χ4n) is 5.96. The van der Waals surface area contributed by atoms with Crippen molar-refractivity contribution < 1.29 is 19.5 Å². The Morgan fingerprint density at radius 1 is 1.05 bits per heavy atom. The van der Waals surface area contributed by atoms with E-state index in [4.69, 9.17) is 9.90 Å². The molecule has 2 aromatic carbocycles. The lowest BCUT2D eigenvalue weighted by molar-refractivity contribution is -0.122. The van der Waals surface area contributed by atoms with E-state index >= 15 is 0 Å². The Kier molecular flexibility index (Phi) is 9.93. The summed E-state index contributed by atoms with van der Waals surface area (Å²) in [6, 6.07) is 14.6. The SMILES string of the molecule is CC(C)C(=O)c1ccc2c(c1)CCN(CCC1CCC(NC(=O)c3c[nH]c4ccccc34)CC1)CC2.O=CO. The maximum absolute atomic E-state index is 12.9. The Balaban J connectivity index is 0.00000112. The summed E-state index contributed by atoms with van der Waals surface area (Å²) in [5, 5.41) is 11.2. The highest BCUT2D eigenvalue weighted by molar-refractivity contribution is 6.06. The molecule has 7 heteroatoms. The number of amides is 1. The van der Waals surface area contributed by atoms with Crippen molar-refractivity contribution in [2.75, 3.05) is 19.6 Å². The van der Waals surface area contributed by atoms with Crippen molar-refractivity contribution >= 4 is 29.1 Å². The molecule has 1 aliphatic carbocycles. The normalized spacial score (nSPS) is 19.5. The highest BCUT2D eigenvalue weighted by atomic mass is 16.3. The number of nitrogens with one attached hydrogen (secondary N) is 2. The third kappa shape index (κ3) is 7.35. The molecule has 0 radical (unpaired) electrons. The third-order valence-corrected chi connectivity index (χ3v) is 8.28. The number of carbonyl (C=O) groups is 3. The number of aromatic nitrogens is 1. The first kappa shape index (κ1) is 28.6. The maximum atomic E-state index is 12.9. The van der Waals surface area contributed by atoms with E-state index in [1.165, 1.54) is 30.4 Å². The summed E-state index contributed by atoms with van der Waals surface area (Å²) in [4.78, 5) is 39.5. The molecule has 5 rings (SSSR count). The zero-order chi connectivity index (χ0) is 27.8. The number of hydrogen-bond acceptors (Lipinski definition) is 4. The lowest BCUT2D eigenvalue weighted by atomic mass is 9.84. The molecule has 7 nitrogen and oxygen atoms in total. The summed E-state index contributed by atoms with van der Waals surface area (Å²) in [6.45, 7) is 7.01. The van der Waals surface area contributed by atoms with Crippen molar-refractivity contribution in [2.24, 2.45) is 11.8 Å². The number of nitrogens with zero attached hydrogens (tertiary/aromatic N) is 1. The van der Waals surface area contributed by atoms with Crippen LogP contribution >= 0.6 is 0 Å². The van der Waals surface area contributed by atoms with Gasteiger partial charge < -0.3 is 20.3 Å². The van der Waals surface area contributed by atoms with E-state index in [9.17, 15) is 9.59 Å². The molecule has 1 amide bonds. The zero-order valence-electron chi connectivity index (χ0n) is 23.1. The van der Waals surface area contributed by atoms with Gasteiger partial charge in [0.2, 0.25) is 0 Å². The summed E-state index contributed by atoms with van der Waals surface area (Å²) < 4.78 is 0. The predicted octanol–water partition coefficient (Wildman–Crippen LogP) is 5.49. The number of carboxylic acid groups (broad SMARTS) is 1. The number of rotatable bonds is 7. The van der Waals surface area contributed by atoms with Gasteiger partial charge in [-0.15, -0.1) is 0 Å². The number of benzene rings is 2. The molecule has 1 saturated carbocycles. The average Bonchev–Trinajstić information content (AvgIpc) is 3.27. The van der Waals surface area contributed by atoms with Crippen LogP contribution in [0.4, 0.5) is 0 Å². The van der Waals surface area contributed by atoms with Crippen LogP contribution < -0.4 is 5.32 Å². The second kappa shape index (κ2) is 13.6. The Bertz CT molecular complexity index is 1270. The summed E-state index contributed by atoms with van der Waals surface area (Å²) >= 11 is 0. The van der Waals surface area contributed by atoms with Crippen LogP contribution in [-0.2, 0) is 17.6 Å². The molecule has 1 fully saturated rings. The van der Waals surface area contributed by atoms with Crippen LogP contribution in [-0.4, -0.2) is 58.8 Å². The van der Waals surface area contributed by atoms with Crippen LogP contribution in [0.2, 0.25) is 0 Å². The van der Waals surface area contributed by atoms with Gasteiger partial charge in [0, 0.05) is 47.7 Å². The van der Waals surface area contributed by atoms with Gasteiger partial charge >= 0.3 is 0 Å². The molecule has 2 aliphatic rings. The fraction of sp³-hybridized carbons (Fsp3) is 0.469. The van der Waals surface area contributed by atoms with E-state index in [0.29, 0.717) is 0 Å². The second-order valence-corrected chi connectivity index (χ2v) is 11.2. The van der Waals surface area contributed by atoms with Crippen molar-refractivity contribution in [3.63, 3.8) is 0 Å². The molecule has 0 spiro atoms. The van der Waals surface area contributed by atoms with Crippen LogP contribution in [0, 0.1) is 11.8 Å². The van der Waals surface area contributed by atoms with E-state index in [0.717, 1.165) is 73.3 Å². The Morgan fingerprint density at radius 3 is 2.46 bits per heavy atom. The summed E-state index contributed by atoms with van der Waals surface area (Å²) in [5.41, 5.74) is 5.38. The first-order valence-electron chi connectivity index (χ1n) is 14.2. The molecule has 1 aromatic heterocycles. The lowest BCUT2D eigenvalue weighted by Crippen LogP contribution is -2.38. The minimum absolute atomic E-state index is 0.0401. The van der Waals surface area contributed by atoms with Crippen molar-refractivity contribution in [1.82, 2.24) is 15.2 Å².